The van der Waals surface area contributed by atoms with E-state index in [0.29, 0.717) is 13.1 Å². The van der Waals surface area contributed by atoms with Crippen molar-refractivity contribution < 1.29 is 0 Å². The van der Waals surface area contributed by atoms with Gasteiger partial charge in [0.15, 0.2) is 0 Å². The number of pyridine rings is 2. The fourth-order valence-electron chi connectivity index (χ4n) is 4.54. The topological polar surface area (TPSA) is 77.8 Å². The van der Waals surface area contributed by atoms with Crippen LogP contribution in [0.4, 0.5) is 0 Å². The van der Waals surface area contributed by atoms with Crippen molar-refractivity contribution in [3.63, 3.8) is 0 Å². The number of aromatic nitrogens is 2. The average Bonchev–Trinajstić information content (AvgIpc) is 2.94. The Morgan fingerprint density at radius 3 is 1.14 bits per heavy atom. The maximum atomic E-state index is 5.75. The van der Waals surface area contributed by atoms with Gasteiger partial charge in [-0.15, -0.1) is 0 Å². The SMILES string of the molecule is NCCc1cccc(-c2cncc(-c3cccc(-c4cncc(-c5cccc(CCN)c5)c4)c3)c2)c1. The molecule has 0 saturated heterocycles. The fourth-order valence-corrected chi connectivity index (χ4v) is 4.54. The molecule has 0 spiro atoms. The van der Waals surface area contributed by atoms with Crippen molar-refractivity contribution in [1.82, 2.24) is 9.97 Å². The van der Waals surface area contributed by atoms with E-state index in [1.165, 1.54) is 11.1 Å². The Hall–Kier alpha value is -4.12. The average molecular weight is 471 g/mol. The normalized spacial score (nSPS) is 10.9. The van der Waals surface area contributed by atoms with Crippen LogP contribution in [0.5, 0.6) is 0 Å². The molecule has 0 bridgehead atoms. The van der Waals surface area contributed by atoms with Crippen molar-refractivity contribution >= 4 is 0 Å². The number of nitrogens with zero attached hydrogens (tertiary/aromatic N) is 2. The maximum Gasteiger partial charge on any atom is 0.0346 e. The highest BCUT2D eigenvalue weighted by molar-refractivity contribution is 5.78. The van der Waals surface area contributed by atoms with E-state index >= 15 is 0 Å². The number of rotatable bonds is 8. The second-order valence-corrected chi connectivity index (χ2v) is 8.98. The summed E-state index contributed by atoms with van der Waals surface area (Å²) in [7, 11) is 0. The van der Waals surface area contributed by atoms with Gasteiger partial charge in [-0.2, -0.15) is 0 Å². The van der Waals surface area contributed by atoms with Crippen molar-refractivity contribution in [2.75, 3.05) is 13.1 Å². The Kier molecular flexibility index (Phi) is 7.27. The monoisotopic (exact) mass is 470 g/mol. The Morgan fingerprint density at radius 2 is 0.750 bits per heavy atom. The van der Waals surface area contributed by atoms with Crippen LogP contribution in [-0.2, 0) is 12.8 Å². The van der Waals surface area contributed by atoms with Gasteiger partial charge in [0.05, 0.1) is 0 Å². The molecule has 36 heavy (non-hydrogen) atoms. The minimum absolute atomic E-state index is 0.643. The molecule has 0 amide bonds. The highest BCUT2D eigenvalue weighted by atomic mass is 14.6. The molecular weight excluding hydrogens is 440 g/mol. The minimum atomic E-state index is 0.643. The number of hydrogen-bond donors (Lipinski definition) is 2. The lowest BCUT2D eigenvalue weighted by Gasteiger charge is -2.10. The Morgan fingerprint density at radius 1 is 0.417 bits per heavy atom. The quantitative estimate of drug-likeness (QED) is 0.285. The molecule has 5 rings (SSSR count). The zero-order valence-corrected chi connectivity index (χ0v) is 20.3. The Balaban J connectivity index is 1.46. The van der Waals surface area contributed by atoms with E-state index in [1.807, 2.05) is 24.8 Å². The predicted octanol–water partition coefficient (Wildman–Crippen LogP) is 6.15. The third kappa shape index (κ3) is 5.41. The maximum absolute atomic E-state index is 5.75. The van der Waals surface area contributed by atoms with E-state index in [1.54, 1.807) is 0 Å². The minimum Gasteiger partial charge on any atom is -0.330 e. The van der Waals surface area contributed by atoms with Gasteiger partial charge in [0.1, 0.15) is 0 Å². The molecular formula is C32H30N4. The van der Waals surface area contributed by atoms with Gasteiger partial charge in [-0.25, -0.2) is 0 Å². The van der Waals surface area contributed by atoms with E-state index in [-0.39, 0.29) is 0 Å². The molecule has 0 aliphatic heterocycles. The molecule has 0 atom stereocenters. The van der Waals surface area contributed by atoms with Crippen LogP contribution in [0, 0.1) is 0 Å². The first kappa shape index (κ1) is 23.6. The van der Waals surface area contributed by atoms with Gasteiger partial charge in [0, 0.05) is 47.0 Å². The highest BCUT2D eigenvalue weighted by Crippen LogP contribution is 2.31. The molecule has 4 heteroatoms. The zero-order valence-electron chi connectivity index (χ0n) is 20.3. The molecule has 3 aromatic carbocycles. The van der Waals surface area contributed by atoms with Gasteiger partial charge in [0.2, 0.25) is 0 Å². The van der Waals surface area contributed by atoms with Crippen LogP contribution in [0.25, 0.3) is 44.5 Å². The molecule has 0 fully saturated rings. The van der Waals surface area contributed by atoms with Crippen molar-refractivity contribution in [2.24, 2.45) is 11.5 Å². The van der Waals surface area contributed by atoms with Gasteiger partial charge in [-0.1, -0.05) is 66.7 Å². The zero-order chi connectivity index (χ0) is 24.7. The summed E-state index contributed by atoms with van der Waals surface area (Å²) >= 11 is 0. The van der Waals surface area contributed by atoms with E-state index in [2.05, 4.69) is 94.9 Å². The summed E-state index contributed by atoms with van der Waals surface area (Å²) < 4.78 is 0. The molecule has 0 aliphatic carbocycles. The summed E-state index contributed by atoms with van der Waals surface area (Å²) in [6, 6.07) is 30.0. The number of hydrogen-bond acceptors (Lipinski definition) is 4. The molecule has 0 aliphatic rings. The number of benzene rings is 3. The van der Waals surface area contributed by atoms with Gasteiger partial charge >= 0.3 is 0 Å². The molecule has 2 heterocycles. The fraction of sp³-hybridized carbons (Fsp3) is 0.125. The van der Waals surface area contributed by atoms with Crippen LogP contribution < -0.4 is 11.5 Å². The largest absolute Gasteiger partial charge is 0.330 e. The van der Waals surface area contributed by atoms with Crippen LogP contribution in [-0.4, -0.2) is 23.1 Å². The first-order valence-corrected chi connectivity index (χ1v) is 12.3. The van der Waals surface area contributed by atoms with E-state index in [4.69, 9.17) is 11.5 Å². The van der Waals surface area contributed by atoms with Crippen molar-refractivity contribution in [3.05, 3.63) is 121 Å². The Labute approximate surface area is 212 Å². The summed E-state index contributed by atoms with van der Waals surface area (Å²) in [5.74, 6) is 0. The van der Waals surface area contributed by atoms with E-state index < -0.39 is 0 Å². The van der Waals surface area contributed by atoms with Gasteiger partial charge in [-0.05, 0) is 77.5 Å². The summed E-state index contributed by atoms with van der Waals surface area (Å²) in [6.07, 6.45) is 9.41. The molecule has 0 saturated carbocycles. The molecule has 0 radical (unpaired) electrons. The predicted molar refractivity (Wildman–Crippen MR) is 149 cm³/mol. The van der Waals surface area contributed by atoms with Crippen LogP contribution in [0.2, 0.25) is 0 Å². The molecule has 4 nitrogen and oxygen atoms in total. The molecule has 178 valence electrons. The van der Waals surface area contributed by atoms with Crippen molar-refractivity contribution in [3.8, 4) is 44.5 Å². The third-order valence-corrected chi connectivity index (χ3v) is 6.39. The lowest BCUT2D eigenvalue weighted by molar-refractivity contribution is 0.969. The summed E-state index contributed by atoms with van der Waals surface area (Å²) in [4.78, 5) is 9.09. The van der Waals surface area contributed by atoms with E-state index in [0.717, 1.165) is 57.3 Å². The van der Waals surface area contributed by atoms with Gasteiger partial charge in [-0.3, -0.25) is 9.97 Å². The first-order chi connectivity index (χ1) is 17.7. The Bertz CT molecular complexity index is 1370. The molecule has 5 aromatic rings. The van der Waals surface area contributed by atoms with Crippen LogP contribution in [0.1, 0.15) is 11.1 Å². The van der Waals surface area contributed by atoms with Crippen LogP contribution in [0.15, 0.2) is 110 Å². The first-order valence-electron chi connectivity index (χ1n) is 12.3. The molecule has 0 unspecified atom stereocenters. The lowest BCUT2D eigenvalue weighted by Crippen LogP contribution is -2.02. The second-order valence-electron chi connectivity index (χ2n) is 8.98. The van der Waals surface area contributed by atoms with Gasteiger partial charge < -0.3 is 11.5 Å². The van der Waals surface area contributed by atoms with Crippen LogP contribution >= 0.6 is 0 Å². The van der Waals surface area contributed by atoms with Crippen molar-refractivity contribution in [2.45, 2.75) is 12.8 Å². The third-order valence-electron chi connectivity index (χ3n) is 6.39. The van der Waals surface area contributed by atoms with E-state index in [9.17, 15) is 0 Å². The molecule has 2 aromatic heterocycles. The number of nitrogens with two attached hydrogens (primary N) is 2. The van der Waals surface area contributed by atoms with Gasteiger partial charge in [0.25, 0.3) is 0 Å². The van der Waals surface area contributed by atoms with Crippen LogP contribution in [0.3, 0.4) is 0 Å². The standard InChI is InChI=1S/C32H30N4/c33-12-10-23-4-1-6-25(14-23)29-17-31(21-35-19-29)27-8-3-9-28(16-27)32-18-30(20-36-22-32)26-7-2-5-24(15-26)11-13-34/h1-9,14-22H,10-13,33-34H2. The smallest absolute Gasteiger partial charge is 0.0346 e. The highest BCUT2D eigenvalue weighted by Gasteiger charge is 2.08. The second kappa shape index (κ2) is 11.1. The summed E-state index contributed by atoms with van der Waals surface area (Å²) in [5.41, 5.74) is 22.9. The lowest BCUT2D eigenvalue weighted by atomic mass is 9.96. The summed E-state index contributed by atoms with van der Waals surface area (Å²) in [6.45, 7) is 1.29. The van der Waals surface area contributed by atoms with Crippen molar-refractivity contribution in [1.29, 1.82) is 0 Å². The summed E-state index contributed by atoms with van der Waals surface area (Å²) in [5, 5.41) is 0. The molecule has 4 N–H and O–H groups in total.